The van der Waals surface area contributed by atoms with Crippen LogP contribution in [0.5, 0.6) is 0 Å². The van der Waals surface area contributed by atoms with E-state index in [0.717, 1.165) is 16.6 Å². The summed E-state index contributed by atoms with van der Waals surface area (Å²) in [7, 11) is 0. The van der Waals surface area contributed by atoms with Crippen LogP contribution in [0.1, 0.15) is 17.5 Å². The lowest BCUT2D eigenvalue weighted by Crippen LogP contribution is -2.23. The fourth-order valence-corrected chi connectivity index (χ4v) is 2.90. The Hall–Kier alpha value is -1.09. The van der Waals surface area contributed by atoms with Gasteiger partial charge in [-0.15, -0.1) is 24.0 Å². The van der Waals surface area contributed by atoms with E-state index in [1.807, 2.05) is 10.9 Å². The highest BCUT2D eigenvalue weighted by Gasteiger charge is 2.10. The molecule has 0 radical (unpaired) electrons. The van der Waals surface area contributed by atoms with E-state index < -0.39 is 0 Å². The van der Waals surface area contributed by atoms with Crippen LogP contribution in [0, 0.1) is 0 Å². The monoisotopic (exact) mass is 475 g/mol. The molecule has 0 atom stereocenters. The maximum Gasteiger partial charge on any atom is 0.193 e. The number of hydrogen-bond acceptors (Lipinski definition) is 2. The van der Waals surface area contributed by atoms with Crippen molar-refractivity contribution in [2.45, 2.75) is 25.8 Å². The Balaban J connectivity index is 0.00000176. The first-order chi connectivity index (χ1) is 10.2. The van der Waals surface area contributed by atoms with Crippen LogP contribution in [0.4, 0.5) is 5.69 Å². The van der Waals surface area contributed by atoms with Crippen molar-refractivity contribution in [3.05, 3.63) is 46.2 Å². The first-order valence-corrected chi connectivity index (χ1v) is 7.87. The van der Waals surface area contributed by atoms with E-state index in [2.05, 4.69) is 49.5 Å². The van der Waals surface area contributed by atoms with Crippen molar-refractivity contribution in [1.82, 2.24) is 9.78 Å². The van der Waals surface area contributed by atoms with Gasteiger partial charge in [-0.05, 0) is 58.5 Å². The van der Waals surface area contributed by atoms with Gasteiger partial charge in [0.15, 0.2) is 5.96 Å². The summed E-state index contributed by atoms with van der Waals surface area (Å²) in [6.07, 6.45) is 7.28. The number of benzene rings is 1. The number of nitrogens with zero attached hydrogens (tertiary/aromatic N) is 3. The molecule has 0 spiro atoms. The van der Waals surface area contributed by atoms with Crippen molar-refractivity contribution in [3.63, 3.8) is 0 Å². The SMILES string of the molecule is I.NC(=NCCn1cc(Br)cn1)Nc1ccc2c(c1)CCC2. The van der Waals surface area contributed by atoms with Gasteiger partial charge in [0.05, 0.1) is 23.8 Å². The van der Waals surface area contributed by atoms with Crippen LogP contribution in [0.3, 0.4) is 0 Å². The van der Waals surface area contributed by atoms with Crippen molar-refractivity contribution < 1.29 is 0 Å². The second-order valence-corrected chi connectivity index (χ2v) is 6.07. The molecule has 0 amide bonds. The number of halogens is 2. The van der Waals surface area contributed by atoms with Gasteiger partial charge in [-0.1, -0.05) is 6.07 Å². The first-order valence-electron chi connectivity index (χ1n) is 7.07. The van der Waals surface area contributed by atoms with Gasteiger partial charge < -0.3 is 11.1 Å². The number of aliphatic imine (C=N–C) groups is 1. The molecule has 0 bridgehead atoms. The topological polar surface area (TPSA) is 68.2 Å². The lowest BCUT2D eigenvalue weighted by atomic mass is 10.1. The Morgan fingerprint density at radius 2 is 2.18 bits per heavy atom. The van der Waals surface area contributed by atoms with Gasteiger partial charge in [0.1, 0.15) is 0 Å². The predicted molar refractivity (Wildman–Crippen MR) is 104 cm³/mol. The zero-order chi connectivity index (χ0) is 14.7. The normalized spacial score (nSPS) is 13.6. The molecule has 5 nitrogen and oxygen atoms in total. The average Bonchev–Trinajstić information content (AvgIpc) is 3.07. The second kappa shape index (κ2) is 7.96. The van der Waals surface area contributed by atoms with Crippen LogP contribution in [0.2, 0.25) is 0 Å². The van der Waals surface area contributed by atoms with E-state index in [1.165, 1.54) is 24.0 Å². The van der Waals surface area contributed by atoms with Crippen LogP contribution in [0.25, 0.3) is 0 Å². The molecule has 0 aliphatic heterocycles. The summed E-state index contributed by atoms with van der Waals surface area (Å²) in [5.74, 6) is 0.444. The molecule has 3 rings (SSSR count). The smallest absolute Gasteiger partial charge is 0.193 e. The minimum Gasteiger partial charge on any atom is -0.370 e. The second-order valence-electron chi connectivity index (χ2n) is 5.15. The van der Waals surface area contributed by atoms with Crippen LogP contribution in [-0.4, -0.2) is 22.3 Å². The largest absolute Gasteiger partial charge is 0.370 e. The van der Waals surface area contributed by atoms with E-state index in [4.69, 9.17) is 5.73 Å². The van der Waals surface area contributed by atoms with Crippen LogP contribution in [-0.2, 0) is 19.4 Å². The Morgan fingerprint density at radius 1 is 1.36 bits per heavy atom. The highest BCUT2D eigenvalue weighted by Crippen LogP contribution is 2.24. The molecule has 0 unspecified atom stereocenters. The fraction of sp³-hybridized carbons (Fsp3) is 0.333. The molecule has 22 heavy (non-hydrogen) atoms. The molecule has 1 aliphatic rings. The van der Waals surface area contributed by atoms with E-state index in [1.54, 1.807) is 6.20 Å². The van der Waals surface area contributed by atoms with Crippen molar-refractivity contribution in [1.29, 1.82) is 0 Å². The molecule has 7 heteroatoms. The summed E-state index contributed by atoms with van der Waals surface area (Å²) in [5, 5.41) is 7.33. The summed E-state index contributed by atoms with van der Waals surface area (Å²) >= 11 is 3.37. The van der Waals surface area contributed by atoms with E-state index >= 15 is 0 Å². The molecule has 118 valence electrons. The van der Waals surface area contributed by atoms with Gasteiger partial charge in [0, 0.05) is 11.9 Å². The fourth-order valence-electron chi connectivity index (χ4n) is 2.57. The molecule has 2 aromatic rings. The Bertz CT molecular complexity index is 668. The minimum atomic E-state index is 0. The van der Waals surface area contributed by atoms with Crippen molar-refractivity contribution >= 4 is 51.6 Å². The molecule has 1 aromatic carbocycles. The lowest BCUT2D eigenvalue weighted by molar-refractivity contribution is 0.625. The Kier molecular flexibility index (Phi) is 6.25. The maximum atomic E-state index is 5.92. The number of fused-ring (bicyclic) bond motifs is 1. The highest BCUT2D eigenvalue weighted by atomic mass is 127. The molecule has 3 N–H and O–H groups in total. The molecule has 0 saturated heterocycles. The van der Waals surface area contributed by atoms with Crippen LogP contribution >= 0.6 is 39.9 Å². The summed E-state index contributed by atoms with van der Waals surface area (Å²) in [6, 6.07) is 6.42. The Labute approximate surface area is 155 Å². The number of hydrogen-bond donors (Lipinski definition) is 2. The third-order valence-electron chi connectivity index (χ3n) is 3.58. The van der Waals surface area contributed by atoms with Gasteiger partial charge in [0.25, 0.3) is 0 Å². The molecular weight excluding hydrogens is 457 g/mol. The number of aryl methyl sites for hydroxylation is 2. The number of nitrogens with one attached hydrogen (secondary N) is 1. The van der Waals surface area contributed by atoms with Crippen molar-refractivity contribution in [3.8, 4) is 0 Å². The number of rotatable bonds is 4. The number of anilines is 1. The van der Waals surface area contributed by atoms with Gasteiger partial charge in [-0.3, -0.25) is 9.67 Å². The van der Waals surface area contributed by atoms with Gasteiger partial charge in [-0.2, -0.15) is 5.10 Å². The Morgan fingerprint density at radius 3 is 2.95 bits per heavy atom. The highest BCUT2D eigenvalue weighted by molar-refractivity contribution is 14.0. The van der Waals surface area contributed by atoms with Gasteiger partial charge >= 0.3 is 0 Å². The number of nitrogens with two attached hydrogens (primary N) is 1. The summed E-state index contributed by atoms with van der Waals surface area (Å²) < 4.78 is 2.80. The third-order valence-corrected chi connectivity index (χ3v) is 3.99. The molecular formula is C15H19BrIN5. The number of aromatic nitrogens is 2. The molecule has 0 fully saturated rings. The zero-order valence-electron chi connectivity index (χ0n) is 12.1. The summed E-state index contributed by atoms with van der Waals surface area (Å²) in [5.41, 5.74) is 9.82. The van der Waals surface area contributed by atoms with Gasteiger partial charge in [-0.25, -0.2) is 0 Å². The third kappa shape index (κ3) is 4.45. The van der Waals surface area contributed by atoms with E-state index in [0.29, 0.717) is 19.0 Å². The molecule has 1 aliphatic carbocycles. The average molecular weight is 476 g/mol. The van der Waals surface area contributed by atoms with Gasteiger partial charge in [0.2, 0.25) is 0 Å². The van der Waals surface area contributed by atoms with Crippen molar-refractivity contribution in [2.75, 3.05) is 11.9 Å². The first kappa shape index (κ1) is 17.3. The molecule has 0 saturated carbocycles. The minimum absolute atomic E-state index is 0. The maximum absolute atomic E-state index is 5.92. The zero-order valence-corrected chi connectivity index (χ0v) is 16.0. The van der Waals surface area contributed by atoms with Crippen LogP contribution in [0.15, 0.2) is 40.1 Å². The van der Waals surface area contributed by atoms with E-state index in [-0.39, 0.29) is 24.0 Å². The predicted octanol–water partition coefficient (Wildman–Crippen LogP) is 3.18. The van der Waals surface area contributed by atoms with E-state index in [9.17, 15) is 0 Å². The lowest BCUT2D eigenvalue weighted by Gasteiger charge is -2.08. The molecule has 1 heterocycles. The molecule has 1 aromatic heterocycles. The standard InChI is InChI=1S/C15H18BrN5.HI/c16-13-9-19-21(10-13)7-6-18-15(17)20-14-5-4-11-2-1-3-12(11)8-14;/h4-5,8-10H,1-3,6-7H2,(H3,17,18,20);1H. The summed E-state index contributed by atoms with van der Waals surface area (Å²) in [4.78, 5) is 4.32. The quantitative estimate of drug-likeness (QED) is 0.405. The van der Waals surface area contributed by atoms with Crippen LogP contribution < -0.4 is 11.1 Å². The van der Waals surface area contributed by atoms with Crippen molar-refractivity contribution in [2.24, 2.45) is 10.7 Å². The summed E-state index contributed by atoms with van der Waals surface area (Å²) in [6.45, 7) is 1.30. The number of guanidine groups is 1.